The number of alkyl halides is 4. The summed E-state index contributed by atoms with van der Waals surface area (Å²) in [6, 6.07) is 5.02. The lowest BCUT2D eigenvalue weighted by molar-refractivity contribution is -0.171. The minimum atomic E-state index is -4.92. The van der Waals surface area contributed by atoms with Gasteiger partial charge in [-0.25, -0.2) is 0 Å². The summed E-state index contributed by atoms with van der Waals surface area (Å²) in [4.78, 5) is 12.6. The molecule has 0 aromatic heterocycles. The van der Waals surface area contributed by atoms with Crippen LogP contribution < -0.4 is 4.90 Å². The van der Waals surface area contributed by atoms with Crippen LogP contribution in [-0.2, 0) is 11.2 Å². The van der Waals surface area contributed by atoms with E-state index in [0.717, 1.165) is 10.5 Å². The summed E-state index contributed by atoms with van der Waals surface area (Å²) in [6.07, 6.45) is -4.49. The van der Waals surface area contributed by atoms with E-state index in [9.17, 15) is 18.0 Å². The lowest BCUT2D eigenvalue weighted by atomic mass is 9.85. The van der Waals surface area contributed by atoms with Crippen molar-refractivity contribution in [1.29, 1.82) is 0 Å². The van der Waals surface area contributed by atoms with Gasteiger partial charge in [0.05, 0.1) is 10.9 Å². The van der Waals surface area contributed by atoms with Crippen LogP contribution in [0, 0.1) is 6.92 Å². The van der Waals surface area contributed by atoms with Crippen molar-refractivity contribution in [1.82, 2.24) is 0 Å². The third-order valence-corrected chi connectivity index (χ3v) is 4.35. The summed E-state index contributed by atoms with van der Waals surface area (Å²) in [5, 5.41) is -0.580. The van der Waals surface area contributed by atoms with Gasteiger partial charge in [0.2, 0.25) is 0 Å². The van der Waals surface area contributed by atoms with Gasteiger partial charge in [-0.2, -0.15) is 13.2 Å². The fourth-order valence-corrected chi connectivity index (χ4v) is 2.75. The summed E-state index contributed by atoms with van der Waals surface area (Å²) >= 11 is 6.22. The van der Waals surface area contributed by atoms with Crippen LogP contribution in [-0.4, -0.2) is 23.0 Å². The Morgan fingerprint density at radius 3 is 2.55 bits per heavy atom. The minimum absolute atomic E-state index is 0.292. The van der Waals surface area contributed by atoms with Crippen molar-refractivity contribution < 1.29 is 18.0 Å². The van der Waals surface area contributed by atoms with Crippen LogP contribution in [0.15, 0.2) is 18.2 Å². The predicted octanol–water partition coefficient (Wildman–Crippen LogP) is 3.83. The van der Waals surface area contributed by atoms with Gasteiger partial charge in [0.1, 0.15) is 0 Å². The highest BCUT2D eigenvalue weighted by molar-refractivity contribution is 6.23. The van der Waals surface area contributed by atoms with E-state index in [-0.39, 0.29) is 0 Å². The average Bonchev–Trinajstić information content (AvgIpc) is 2.29. The van der Waals surface area contributed by atoms with E-state index in [2.05, 4.69) is 0 Å². The number of amides is 1. The molecule has 0 aliphatic carbocycles. The van der Waals surface area contributed by atoms with Crippen LogP contribution in [0.25, 0.3) is 0 Å². The van der Waals surface area contributed by atoms with Crippen LogP contribution in [0.5, 0.6) is 0 Å². The second kappa shape index (κ2) is 4.65. The average molecular weight is 306 g/mol. The zero-order valence-electron chi connectivity index (χ0n) is 11.4. The molecule has 2 nitrogen and oxygen atoms in total. The van der Waals surface area contributed by atoms with Crippen molar-refractivity contribution in [3.05, 3.63) is 29.3 Å². The normalized spacial score (nSPS) is 21.6. The number of anilines is 1. The maximum Gasteiger partial charge on any atom is 0.471 e. The number of hydrogen-bond acceptors (Lipinski definition) is 1. The molecule has 0 saturated carbocycles. The molecule has 0 spiro atoms. The Morgan fingerprint density at radius 2 is 2.00 bits per heavy atom. The number of benzene rings is 1. The molecular weight excluding hydrogens is 291 g/mol. The van der Waals surface area contributed by atoms with E-state index in [1.165, 1.54) is 0 Å². The van der Waals surface area contributed by atoms with Crippen LogP contribution in [0.2, 0.25) is 0 Å². The maximum atomic E-state index is 12.8. The van der Waals surface area contributed by atoms with Gasteiger partial charge in [-0.3, -0.25) is 9.69 Å². The van der Waals surface area contributed by atoms with Crippen molar-refractivity contribution in [2.45, 2.75) is 44.3 Å². The molecule has 2 rings (SSSR count). The summed E-state index contributed by atoms with van der Waals surface area (Å²) in [5.74, 6) is -1.88. The maximum absolute atomic E-state index is 12.8. The largest absolute Gasteiger partial charge is 0.471 e. The Bertz CT molecular complexity index is 554. The van der Waals surface area contributed by atoms with E-state index in [0.29, 0.717) is 17.7 Å². The molecule has 1 aliphatic heterocycles. The lowest BCUT2D eigenvalue weighted by Crippen LogP contribution is -2.60. The lowest BCUT2D eigenvalue weighted by Gasteiger charge is -2.46. The number of fused-ring (bicyclic) bond motifs is 1. The van der Waals surface area contributed by atoms with Gasteiger partial charge in [0.25, 0.3) is 0 Å². The molecule has 20 heavy (non-hydrogen) atoms. The monoisotopic (exact) mass is 305 g/mol. The highest BCUT2D eigenvalue weighted by Crippen LogP contribution is 2.41. The third-order valence-electron chi connectivity index (χ3n) is 3.66. The van der Waals surface area contributed by atoms with E-state index in [1.54, 1.807) is 32.0 Å². The summed E-state index contributed by atoms with van der Waals surface area (Å²) in [7, 11) is 0. The second-order valence-electron chi connectivity index (χ2n) is 5.60. The number of carbonyl (C=O) groups excluding carboxylic acids is 1. The fraction of sp³-hybridized carbons (Fsp3) is 0.500. The molecule has 1 aromatic carbocycles. The topological polar surface area (TPSA) is 20.3 Å². The van der Waals surface area contributed by atoms with E-state index < -0.39 is 23.0 Å². The molecule has 0 fully saturated rings. The SMILES string of the molecule is Cc1ccc2c(c1)CC(Cl)C(C)(C)N2C(=O)C(F)(F)F. The second-order valence-corrected chi connectivity index (χ2v) is 6.12. The molecule has 1 aromatic rings. The first-order valence-corrected chi connectivity index (χ1v) is 6.64. The standard InChI is InChI=1S/C14H15ClF3NO/c1-8-4-5-10-9(6-8)7-11(15)13(2,3)19(10)12(20)14(16,17)18/h4-6,11H,7H2,1-3H3. The van der Waals surface area contributed by atoms with Crippen LogP contribution in [0.1, 0.15) is 25.0 Å². The molecular formula is C14H15ClF3NO. The number of aryl methyl sites for hydroxylation is 1. The van der Waals surface area contributed by atoms with Gasteiger partial charge in [-0.05, 0) is 38.8 Å². The van der Waals surface area contributed by atoms with Crippen molar-refractivity contribution in [2.24, 2.45) is 0 Å². The Hall–Kier alpha value is -1.23. The molecule has 6 heteroatoms. The molecule has 110 valence electrons. The van der Waals surface area contributed by atoms with Crippen LogP contribution in [0.3, 0.4) is 0 Å². The quantitative estimate of drug-likeness (QED) is 0.667. The van der Waals surface area contributed by atoms with Gasteiger partial charge in [-0.1, -0.05) is 17.7 Å². The van der Waals surface area contributed by atoms with Crippen molar-refractivity contribution in [2.75, 3.05) is 4.90 Å². The zero-order valence-corrected chi connectivity index (χ0v) is 12.1. The van der Waals surface area contributed by atoms with Crippen molar-refractivity contribution in [3.8, 4) is 0 Å². The number of carbonyl (C=O) groups is 1. The third kappa shape index (κ3) is 2.39. The molecule has 0 saturated heterocycles. The molecule has 1 heterocycles. The zero-order chi connectivity index (χ0) is 15.3. The first-order chi connectivity index (χ1) is 9.05. The highest BCUT2D eigenvalue weighted by Gasteiger charge is 2.52. The molecule has 0 bridgehead atoms. The van der Waals surface area contributed by atoms with Gasteiger partial charge >= 0.3 is 12.1 Å². The molecule has 1 unspecified atom stereocenters. The van der Waals surface area contributed by atoms with Gasteiger partial charge in [0.15, 0.2) is 0 Å². The Labute approximate surface area is 120 Å². The summed E-state index contributed by atoms with van der Waals surface area (Å²) in [5.41, 5.74) is 0.782. The van der Waals surface area contributed by atoms with Crippen LogP contribution in [0.4, 0.5) is 18.9 Å². The molecule has 1 aliphatic rings. The minimum Gasteiger partial charge on any atom is -0.297 e. The Kier molecular flexibility index (Phi) is 3.53. The van der Waals surface area contributed by atoms with Crippen molar-refractivity contribution in [3.63, 3.8) is 0 Å². The number of rotatable bonds is 0. The molecule has 0 radical (unpaired) electrons. The first-order valence-electron chi connectivity index (χ1n) is 6.20. The van der Waals surface area contributed by atoms with E-state index >= 15 is 0 Å². The number of nitrogens with zero attached hydrogens (tertiary/aromatic N) is 1. The molecule has 0 N–H and O–H groups in total. The van der Waals surface area contributed by atoms with Gasteiger partial charge in [-0.15, -0.1) is 11.6 Å². The molecule has 1 amide bonds. The number of hydrogen-bond donors (Lipinski definition) is 0. The Morgan fingerprint density at radius 1 is 1.40 bits per heavy atom. The van der Waals surface area contributed by atoms with Gasteiger partial charge < -0.3 is 0 Å². The van der Waals surface area contributed by atoms with Gasteiger partial charge in [0, 0.05) is 5.69 Å². The van der Waals surface area contributed by atoms with Crippen LogP contribution >= 0.6 is 11.6 Å². The summed E-state index contributed by atoms with van der Waals surface area (Å²) < 4.78 is 38.5. The number of halogens is 4. The van der Waals surface area contributed by atoms with E-state index in [4.69, 9.17) is 11.6 Å². The summed E-state index contributed by atoms with van der Waals surface area (Å²) in [6.45, 7) is 4.95. The fourth-order valence-electron chi connectivity index (χ4n) is 2.49. The Balaban J connectivity index is 2.60. The molecule has 1 atom stereocenters. The van der Waals surface area contributed by atoms with Crippen molar-refractivity contribution >= 4 is 23.2 Å². The highest BCUT2D eigenvalue weighted by atomic mass is 35.5. The first kappa shape index (κ1) is 15.2. The predicted molar refractivity (Wildman–Crippen MR) is 72.1 cm³/mol. The van der Waals surface area contributed by atoms with E-state index in [1.807, 2.05) is 6.92 Å². The smallest absolute Gasteiger partial charge is 0.297 e.